The second-order valence-corrected chi connectivity index (χ2v) is 4.94. The smallest absolute Gasteiger partial charge is 0.138 e. The van der Waals surface area contributed by atoms with Gasteiger partial charge in [-0.2, -0.15) is 0 Å². The van der Waals surface area contributed by atoms with Crippen LogP contribution in [0.2, 0.25) is 5.02 Å². The predicted octanol–water partition coefficient (Wildman–Crippen LogP) is 3.17. The minimum atomic E-state index is -0.663. The molecule has 0 radical (unpaired) electrons. The summed E-state index contributed by atoms with van der Waals surface area (Å²) < 4.78 is 5.58. The fourth-order valence-corrected chi connectivity index (χ4v) is 2.17. The Morgan fingerprint density at radius 3 is 2.60 bits per heavy atom. The van der Waals surface area contributed by atoms with Crippen LogP contribution in [0.15, 0.2) is 48.5 Å². The molecular weight excluding hydrogens is 274 g/mol. The molecule has 0 fully saturated rings. The highest BCUT2D eigenvalue weighted by Crippen LogP contribution is 2.26. The Labute approximate surface area is 124 Å². The number of hydrogen-bond donors (Lipinski definition) is 2. The van der Waals surface area contributed by atoms with Gasteiger partial charge in [0.1, 0.15) is 18.5 Å². The molecular formula is C16H18ClNO2. The summed E-state index contributed by atoms with van der Waals surface area (Å²) in [5.74, 6) is 0.585. The van der Waals surface area contributed by atoms with E-state index in [9.17, 15) is 5.11 Å². The molecule has 1 atom stereocenters. The van der Waals surface area contributed by atoms with E-state index in [0.29, 0.717) is 10.8 Å². The summed E-state index contributed by atoms with van der Waals surface area (Å²) in [6.45, 7) is 0.932. The van der Waals surface area contributed by atoms with Gasteiger partial charge in [-0.15, -0.1) is 0 Å². The zero-order chi connectivity index (χ0) is 14.4. The third-order valence-corrected chi connectivity index (χ3v) is 3.25. The van der Waals surface area contributed by atoms with Gasteiger partial charge in [0.25, 0.3) is 0 Å². The monoisotopic (exact) mass is 291 g/mol. The maximum Gasteiger partial charge on any atom is 0.138 e. The standard InChI is InChI=1S/C16H18ClNO2/c1-18-10-12-7-8-16(14(17)9-12)20-11-15(19)13-5-3-2-4-6-13/h2-9,15,18-19H,10-11H2,1H3. The summed E-state index contributed by atoms with van der Waals surface area (Å²) in [5, 5.41) is 13.7. The Morgan fingerprint density at radius 2 is 1.95 bits per heavy atom. The van der Waals surface area contributed by atoms with Crippen LogP contribution >= 0.6 is 11.6 Å². The van der Waals surface area contributed by atoms with Crippen LogP contribution in [-0.4, -0.2) is 18.8 Å². The van der Waals surface area contributed by atoms with E-state index in [-0.39, 0.29) is 6.61 Å². The van der Waals surface area contributed by atoms with Gasteiger partial charge in [0.15, 0.2) is 0 Å². The molecule has 1 unspecified atom stereocenters. The molecule has 0 saturated carbocycles. The fourth-order valence-electron chi connectivity index (χ4n) is 1.92. The fraction of sp³-hybridized carbons (Fsp3) is 0.250. The van der Waals surface area contributed by atoms with E-state index in [2.05, 4.69) is 5.32 Å². The Balaban J connectivity index is 1.97. The van der Waals surface area contributed by atoms with Crippen LogP contribution in [-0.2, 0) is 6.54 Å². The minimum absolute atomic E-state index is 0.176. The molecule has 2 aromatic carbocycles. The lowest BCUT2D eigenvalue weighted by molar-refractivity contribution is 0.108. The van der Waals surface area contributed by atoms with E-state index in [1.165, 1.54) is 0 Å². The van der Waals surface area contributed by atoms with E-state index in [0.717, 1.165) is 17.7 Å². The van der Waals surface area contributed by atoms with Gasteiger partial charge in [-0.1, -0.05) is 48.0 Å². The van der Waals surface area contributed by atoms with Crippen molar-refractivity contribution in [2.24, 2.45) is 0 Å². The molecule has 0 aliphatic heterocycles. The molecule has 0 aliphatic carbocycles. The van der Waals surface area contributed by atoms with Crippen molar-refractivity contribution in [1.82, 2.24) is 5.32 Å². The summed E-state index contributed by atoms with van der Waals surface area (Å²) >= 11 is 6.16. The number of aliphatic hydroxyl groups excluding tert-OH is 1. The molecule has 4 heteroatoms. The molecule has 0 saturated heterocycles. The molecule has 0 bridgehead atoms. The van der Waals surface area contributed by atoms with Gasteiger partial charge in [0, 0.05) is 6.54 Å². The first-order valence-electron chi connectivity index (χ1n) is 6.49. The third kappa shape index (κ3) is 3.97. The van der Waals surface area contributed by atoms with Crippen molar-refractivity contribution in [2.45, 2.75) is 12.6 Å². The van der Waals surface area contributed by atoms with Gasteiger partial charge < -0.3 is 15.2 Å². The zero-order valence-electron chi connectivity index (χ0n) is 11.3. The number of rotatable bonds is 6. The van der Waals surface area contributed by atoms with Crippen LogP contribution in [0.5, 0.6) is 5.75 Å². The number of halogens is 1. The van der Waals surface area contributed by atoms with E-state index in [1.54, 1.807) is 0 Å². The van der Waals surface area contributed by atoms with Gasteiger partial charge in [-0.3, -0.25) is 0 Å². The second kappa shape index (κ2) is 7.29. The molecule has 0 aromatic heterocycles. The largest absolute Gasteiger partial charge is 0.489 e. The number of ether oxygens (including phenoxy) is 1. The molecule has 20 heavy (non-hydrogen) atoms. The van der Waals surface area contributed by atoms with Crippen LogP contribution in [0.1, 0.15) is 17.2 Å². The van der Waals surface area contributed by atoms with Crippen LogP contribution in [0.25, 0.3) is 0 Å². The summed E-state index contributed by atoms with van der Waals surface area (Å²) in [7, 11) is 1.88. The molecule has 2 rings (SSSR count). The van der Waals surface area contributed by atoms with Crippen LogP contribution in [0.3, 0.4) is 0 Å². The highest BCUT2D eigenvalue weighted by atomic mass is 35.5. The Kier molecular flexibility index (Phi) is 5.41. The van der Waals surface area contributed by atoms with Crippen molar-refractivity contribution in [3.63, 3.8) is 0 Å². The molecule has 0 spiro atoms. The summed E-state index contributed by atoms with van der Waals surface area (Å²) in [6.07, 6.45) is -0.663. The molecule has 106 valence electrons. The maximum atomic E-state index is 10.0. The Bertz CT molecular complexity index is 545. The van der Waals surface area contributed by atoms with Gasteiger partial charge >= 0.3 is 0 Å². The summed E-state index contributed by atoms with van der Waals surface area (Å²) in [4.78, 5) is 0. The molecule has 0 amide bonds. The van der Waals surface area contributed by atoms with Crippen molar-refractivity contribution in [1.29, 1.82) is 0 Å². The van der Waals surface area contributed by atoms with E-state index in [1.807, 2.05) is 55.6 Å². The van der Waals surface area contributed by atoms with Crippen molar-refractivity contribution < 1.29 is 9.84 Å². The Hall–Kier alpha value is -1.55. The zero-order valence-corrected chi connectivity index (χ0v) is 12.1. The van der Waals surface area contributed by atoms with Gasteiger partial charge in [0.05, 0.1) is 5.02 Å². The molecule has 2 aromatic rings. The first-order valence-corrected chi connectivity index (χ1v) is 6.87. The van der Waals surface area contributed by atoms with Gasteiger partial charge in [-0.25, -0.2) is 0 Å². The van der Waals surface area contributed by atoms with Crippen LogP contribution in [0.4, 0.5) is 0 Å². The number of benzene rings is 2. The average molecular weight is 292 g/mol. The topological polar surface area (TPSA) is 41.5 Å². The first-order chi connectivity index (χ1) is 9.70. The molecule has 3 nitrogen and oxygen atoms in total. The second-order valence-electron chi connectivity index (χ2n) is 4.53. The predicted molar refractivity (Wildman–Crippen MR) is 81.1 cm³/mol. The molecule has 2 N–H and O–H groups in total. The van der Waals surface area contributed by atoms with Gasteiger partial charge in [-0.05, 0) is 30.3 Å². The lowest BCUT2D eigenvalue weighted by Crippen LogP contribution is -2.10. The van der Waals surface area contributed by atoms with E-state index < -0.39 is 6.10 Å². The normalized spacial score (nSPS) is 12.2. The summed E-state index contributed by atoms with van der Waals surface area (Å²) in [6, 6.07) is 15.1. The molecule has 0 heterocycles. The third-order valence-electron chi connectivity index (χ3n) is 2.96. The maximum absolute atomic E-state index is 10.0. The SMILES string of the molecule is CNCc1ccc(OCC(O)c2ccccc2)c(Cl)c1. The lowest BCUT2D eigenvalue weighted by atomic mass is 10.1. The van der Waals surface area contributed by atoms with Gasteiger partial charge in [0.2, 0.25) is 0 Å². The first kappa shape index (κ1) is 14.9. The highest BCUT2D eigenvalue weighted by Gasteiger charge is 2.09. The Morgan fingerprint density at radius 1 is 1.20 bits per heavy atom. The minimum Gasteiger partial charge on any atom is -0.489 e. The quantitative estimate of drug-likeness (QED) is 0.859. The summed E-state index contributed by atoms with van der Waals surface area (Å²) in [5.41, 5.74) is 1.92. The van der Waals surface area contributed by atoms with Crippen molar-refractivity contribution in [2.75, 3.05) is 13.7 Å². The lowest BCUT2D eigenvalue weighted by Gasteiger charge is -2.14. The van der Waals surface area contributed by atoms with Crippen LogP contribution in [0, 0.1) is 0 Å². The average Bonchev–Trinajstić information content (AvgIpc) is 2.47. The van der Waals surface area contributed by atoms with E-state index >= 15 is 0 Å². The highest BCUT2D eigenvalue weighted by molar-refractivity contribution is 6.32. The van der Waals surface area contributed by atoms with Crippen molar-refractivity contribution in [3.8, 4) is 5.75 Å². The number of aliphatic hydroxyl groups is 1. The van der Waals surface area contributed by atoms with Crippen molar-refractivity contribution >= 4 is 11.6 Å². The number of nitrogens with one attached hydrogen (secondary N) is 1. The van der Waals surface area contributed by atoms with E-state index in [4.69, 9.17) is 16.3 Å². The number of hydrogen-bond acceptors (Lipinski definition) is 3. The van der Waals surface area contributed by atoms with Crippen molar-refractivity contribution in [3.05, 3.63) is 64.7 Å². The molecule has 0 aliphatic rings. The van der Waals surface area contributed by atoms with Crippen LogP contribution < -0.4 is 10.1 Å².